The van der Waals surface area contributed by atoms with Gasteiger partial charge in [0.25, 0.3) is 5.91 Å². The number of anilines is 1. The first kappa shape index (κ1) is 19.2. The number of hydrogen-bond donors (Lipinski definition) is 1. The van der Waals surface area contributed by atoms with Gasteiger partial charge in [-0.1, -0.05) is 12.1 Å². The maximum Gasteiger partial charge on any atom is 0.255 e. The summed E-state index contributed by atoms with van der Waals surface area (Å²) in [5.74, 6) is 0.746. The summed E-state index contributed by atoms with van der Waals surface area (Å²) >= 11 is 0. The first-order valence-corrected chi connectivity index (χ1v) is 10.2. The van der Waals surface area contributed by atoms with Crippen molar-refractivity contribution in [2.24, 2.45) is 0 Å². The molecule has 1 amide bonds. The molecule has 1 aliphatic rings. The van der Waals surface area contributed by atoms with Crippen molar-refractivity contribution in [2.75, 3.05) is 5.32 Å². The molecule has 0 spiro atoms. The van der Waals surface area contributed by atoms with Gasteiger partial charge >= 0.3 is 0 Å². The van der Waals surface area contributed by atoms with Crippen molar-refractivity contribution in [2.45, 2.75) is 52.2 Å². The van der Waals surface area contributed by atoms with Gasteiger partial charge in [-0.2, -0.15) is 5.10 Å². The molecule has 3 aromatic rings. The fourth-order valence-electron chi connectivity index (χ4n) is 3.79. The molecule has 0 unspecified atom stereocenters. The molecular weight excluding hydrogens is 362 g/mol. The summed E-state index contributed by atoms with van der Waals surface area (Å²) in [6, 6.07) is 17.3. The van der Waals surface area contributed by atoms with Gasteiger partial charge < -0.3 is 10.1 Å². The maximum absolute atomic E-state index is 12.5. The second-order valence-electron chi connectivity index (χ2n) is 7.78. The fourth-order valence-corrected chi connectivity index (χ4v) is 3.79. The normalized spacial score (nSPS) is 14.1. The largest absolute Gasteiger partial charge is 0.490 e. The average Bonchev–Trinajstić information content (AvgIpc) is 3.33. The van der Waals surface area contributed by atoms with E-state index >= 15 is 0 Å². The van der Waals surface area contributed by atoms with Gasteiger partial charge in [0.1, 0.15) is 5.75 Å². The van der Waals surface area contributed by atoms with Gasteiger partial charge in [0.05, 0.1) is 18.3 Å². The summed E-state index contributed by atoms with van der Waals surface area (Å²) < 4.78 is 7.94. The molecule has 1 aromatic heterocycles. The highest BCUT2D eigenvalue weighted by molar-refractivity contribution is 6.04. The number of carbonyl (C=O) groups is 1. The number of ether oxygens (including phenoxy) is 1. The molecular formula is C24H27N3O2. The second-order valence-corrected chi connectivity index (χ2v) is 7.78. The molecule has 5 nitrogen and oxygen atoms in total. The molecule has 1 N–H and O–H groups in total. The van der Waals surface area contributed by atoms with Crippen molar-refractivity contribution in [1.82, 2.24) is 9.78 Å². The van der Waals surface area contributed by atoms with Crippen LogP contribution >= 0.6 is 0 Å². The minimum Gasteiger partial charge on any atom is -0.490 e. The van der Waals surface area contributed by atoms with Gasteiger partial charge in [0.2, 0.25) is 0 Å². The zero-order chi connectivity index (χ0) is 20.2. The Labute approximate surface area is 171 Å². The quantitative estimate of drug-likeness (QED) is 0.636. The molecule has 2 aromatic carbocycles. The molecule has 0 aliphatic heterocycles. The van der Waals surface area contributed by atoms with Crippen LogP contribution in [0.5, 0.6) is 5.75 Å². The molecule has 1 aliphatic carbocycles. The summed E-state index contributed by atoms with van der Waals surface area (Å²) in [5, 5.41) is 7.43. The smallest absolute Gasteiger partial charge is 0.255 e. The van der Waals surface area contributed by atoms with Gasteiger partial charge in [0, 0.05) is 16.9 Å². The van der Waals surface area contributed by atoms with Gasteiger partial charge in [-0.15, -0.1) is 0 Å². The average molecular weight is 389 g/mol. The molecule has 1 fully saturated rings. The highest BCUT2D eigenvalue weighted by Crippen LogP contribution is 2.25. The number of carbonyl (C=O) groups excluding carboxylic acids is 1. The Balaban J connectivity index is 1.35. The molecule has 1 heterocycles. The molecule has 4 rings (SSSR count). The number of rotatable bonds is 6. The number of nitrogens with one attached hydrogen (secondary N) is 1. The fraction of sp³-hybridized carbons (Fsp3) is 0.333. The molecule has 5 heteroatoms. The summed E-state index contributed by atoms with van der Waals surface area (Å²) in [6.45, 7) is 4.74. The molecule has 0 saturated heterocycles. The molecule has 150 valence electrons. The van der Waals surface area contributed by atoms with Crippen LogP contribution < -0.4 is 10.1 Å². The van der Waals surface area contributed by atoms with Crippen molar-refractivity contribution in [3.8, 4) is 5.75 Å². The summed E-state index contributed by atoms with van der Waals surface area (Å²) in [6.07, 6.45) is 5.10. The molecule has 0 bridgehead atoms. The molecule has 29 heavy (non-hydrogen) atoms. The summed E-state index contributed by atoms with van der Waals surface area (Å²) in [5.41, 5.74) is 4.65. The monoisotopic (exact) mass is 389 g/mol. The van der Waals surface area contributed by atoms with Crippen LogP contribution in [0, 0.1) is 13.8 Å². The lowest BCUT2D eigenvalue weighted by atomic mass is 10.1. The van der Waals surface area contributed by atoms with Gasteiger partial charge in [-0.25, -0.2) is 0 Å². The van der Waals surface area contributed by atoms with Crippen molar-refractivity contribution in [3.05, 3.63) is 77.1 Å². The second kappa shape index (κ2) is 8.52. The Kier molecular flexibility index (Phi) is 5.65. The third kappa shape index (κ3) is 4.86. The van der Waals surface area contributed by atoms with E-state index in [0.717, 1.165) is 41.2 Å². The standard InChI is InChI=1S/C24H27N3O2/c1-17-15-18(2)27(26-17)16-19-7-9-20(10-8-19)24(28)25-21-11-13-23(14-12-21)29-22-5-3-4-6-22/h7-15,22H,3-6,16H2,1-2H3,(H,25,28). The predicted octanol–water partition coefficient (Wildman–Crippen LogP) is 5.12. The van der Waals surface area contributed by atoms with Crippen LogP contribution in [0.3, 0.4) is 0 Å². The Morgan fingerprint density at radius 1 is 1.07 bits per heavy atom. The van der Waals surface area contributed by atoms with Crippen molar-refractivity contribution >= 4 is 11.6 Å². The van der Waals surface area contributed by atoms with Crippen LogP contribution in [-0.2, 0) is 6.54 Å². The molecule has 0 radical (unpaired) electrons. The van der Waals surface area contributed by atoms with Gasteiger partial charge in [-0.05, 0) is 87.6 Å². The maximum atomic E-state index is 12.5. The lowest BCUT2D eigenvalue weighted by molar-refractivity contribution is 0.102. The lowest BCUT2D eigenvalue weighted by Crippen LogP contribution is -2.13. The van der Waals surface area contributed by atoms with Crippen LogP contribution in [0.2, 0.25) is 0 Å². The minimum absolute atomic E-state index is 0.118. The zero-order valence-electron chi connectivity index (χ0n) is 17.0. The summed E-state index contributed by atoms with van der Waals surface area (Å²) in [4.78, 5) is 12.5. The number of nitrogens with zero attached hydrogens (tertiary/aromatic N) is 2. The first-order chi connectivity index (χ1) is 14.1. The number of hydrogen-bond acceptors (Lipinski definition) is 3. The van der Waals surface area contributed by atoms with E-state index in [-0.39, 0.29) is 5.91 Å². The van der Waals surface area contributed by atoms with Crippen LogP contribution in [0.25, 0.3) is 0 Å². The Bertz CT molecular complexity index is 968. The van der Waals surface area contributed by atoms with Gasteiger partial charge in [-0.3, -0.25) is 9.48 Å². The highest BCUT2D eigenvalue weighted by atomic mass is 16.5. The van der Waals surface area contributed by atoms with E-state index in [0.29, 0.717) is 18.2 Å². The molecule has 0 atom stereocenters. The van der Waals surface area contributed by atoms with Gasteiger partial charge in [0.15, 0.2) is 0 Å². The van der Waals surface area contributed by atoms with Crippen LogP contribution in [0.15, 0.2) is 54.6 Å². The van der Waals surface area contributed by atoms with E-state index in [4.69, 9.17) is 4.74 Å². The summed E-state index contributed by atoms with van der Waals surface area (Å²) in [7, 11) is 0. The van der Waals surface area contributed by atoms with E-state index in [2.05, 4.69) is 16.5 Å². The number of benzene rings is 2. The van der Waals surface area contributed by atoms with E-state index in [9.17, 15) is 4.79 Å². The third-order valence-electron chi connectivity index (χ3n) is 5.37. The predicted molar refractivity (Wildman–Crippen MR) is 115 cm³/mol. The minimum atomic E-state index is -0.118. The first-order valence-electron chi connectivity index (χ1n) is 10.2. The Morgan fingerprint density at radius 3 is 2.38 bits per heavy atom. The van der Waals surface area contributed by atoms with E-state index in [1.165, 1.54) is 12.8 Å². The lowest BCUT2D eigenvalue weighted by Gasteiger charge is -2.13. The van der Waals surface area contributed by atoms with Crippen LogP contribution in [-0.4, -0.2) is 21.8 Å². The van der Waals surface area contributed by atoms with E-state index < -0.39 is 0 Å². The van der Waals surface area contributed by atoms with E-state index in [1.807, 2.05) is 67.1 Å². The third-order valence-corrected chi connectivity index (χ3v) is 5.37. The Morgan fingerprint density at radius 2 is 1.76 bits per heavy atom. The van der Waals surface area contributed by atoms with Crippen LogP contribution in [0.4, 0.5) is 5.69 Å². The number of aromatic nitrogens is 2. The Hall–Kier alpha value is -3.08. The number of amides is 1. The molecule has 1 saturated carbocycles. The van der Waals surface area contributed by atoms with Crippen molar-refractivity contribution in [3.63, 3.8) is 0 Å². The topological polar surface area (TPSA) is 56.2 Å². The van der Waals surface area contributed by atoms with E-state index in [1.54, 1.807) is 0 Å². The van der Waals surface area contributed by atoms with Crippen molar-refractivity contribution in [1.29, 1.82) is 0 Å². The SMILES string of the molecule is Cc1cc(C)n(Cc2ccc(C(=O)Nc3ccc(OC4CCCC4)cc3)cc2)n1. The zero-order valence-corrected chi connectivity index (χ0v) is 17.0. The number of aryl methyl sites for hydroxylation is 2. The van der Waals surface area contributed by atoms with Crippen molar-refractivity contribution < 1.29 is 9.53 Å². The van der Waals surface area contributed by atoms with Crippen LogP contribution in [0.1, 0.15) is 53.0 Å². The highest BCUT2D eigenvalue weighted by Gasteiger charge is 2.16.